The maximum atomic E-state index is 11.5. The molecule has 0 aliphatic heterocycles. The number of pyridine rings is 2. The lowest BCUT2D eigenvalue weighted by molar-refractivity contribution is -0.111. The van der Waals surface area contributed by atoms with Gasteiger partial charge >= 0.3 is 0 Å². The molecule has 4 aromatic heterocycles. The molecule has 0 saturated carbocycles. The fourth-order valence-corrected chi connectivity index (χ4v) is 2.82. The molecule has 0 unspecified atom stereocenters. The number of aromatic amines is 1. The summed E-state index contributed by atoms with van der Waals surface area (Å²) in [6, 6.07) is 7.76. The second-order valence-electron chi connectivity index (χ2n) is 5.79. The Morgan fingerprint density at radius 1 is 1.27 bits per heavy atom. The van der Waals surface area contributed by atoms with Crippen LogP contribution in [0, 0.1) is 0 Å². The molecule has 4 rings (SSSR count). The monoisotopic (exact) mass is 344 g/mol. The van der Waals surface area contributed by atoms with Gasteiger partial charge in [0.25, 0.3) is 0 Å². The van der Waals surface area contributed by atoms with Crippen molar-refractivity contribution in [2.24, 2.45) is 7.05 Å². The van der Waals surface area contributed by atoms with Gasteiger partial charge in [0.05, 0.1) is 5.69 Å². The zero-order valence-electron chi connectivity index (χ0n) is 14.1. The summed E-state index contributed by atoms with van der Waals surface area (Å²) in [5, 5.41) is 8.19. The first-order valence-corrected chi connectivity index (χ1v) is 8.01. The minimum absolute atomic E-state index is 0.279. The highest BCUT2D eigenvalue weighted by Gasteiger charge is 2.12. The molecule has 7 heteroatoms. The first kappa shape index (κ1) is 15.8. The molecule has 2 N–H and O–H groups in total. The average Bonchev–Trinajstić information content (AvgIpc) is 3.25. The summed E-state index contributed by atoms with van der Waals surface area (Å²) < 4.78 is 1.61. The van der Waals surface area contributed by atoms with Crippen molar-refractivity contribution in [1.29, 1.82) is 0 Å². The van der Waals surface area contributed by atoms with E-state index in [0.29, 0.717) is 5.82 Å². The number of nitrogens with one attached hydrogen (secondary N) is 2. The molecule has 0 spiro atoms. The highest BCUT2D eigenvalue weighted by molar-refractivity contribution is 5.99. The van der Waals surface area contributed by atoms with Crippen molar-refractivity contribution in [3.63, 3.8) is 0 Å². The minimum Gasteiger partial charge on any atom is -0.346 e. The summed E-state index contributed by atoms with van der Waals surface area (Å²) in [5.74, 6) is 0.312. The number of fused-ring (bicyclic) bond motifs is 1. The van der Waals surface area contributed by atoms with Crippen LogP contribution in [0.1, 0.15) is 0 Å². The molecule has 7 nitrogen and oxygen atoms in total. The maximum absolute atomic E-state index is 11.5. The number of hydrogen-bond donors (Lipinski definition) is 2. The molecule has 4 aromatic rings. The topological polar surface area (TPSA) is 88.5 Å². The van der Waals surface area contributed by atoms with Gasteiger partial charge in [-0.15, -0.1) is 0 Å². The van der Waals surface area contributed by atoms with Gasteiger partial charge in [-0.2, -0.15) is 5.10 Å². The van der Waals surface area contributed by atoms with E-state index >= 15 is 0 Å². The second-order valence-corrected chi connectivity index (χ2v) is 5.79. The van der Waals surface area contributed by atoms with E-state index in [0.717, 1.165) is 33.4 Å². The van der Waals surface area contributed by atoms with Crippen LogP contribution in [0.4, 0.5) is 5.82 Å². The minimum atomic E-state index is -0.279. The van der Waals surface area contributed by atoms with E-state index in [1.807, 2.05) is 30.5 Å². The summed E-state index contributed by atoms with van der Waals surface area (Å²) in [6.45, 7) is 3.46. The molecule has 0 radical (unpaired) electrons. The third kappa shape index (κ3) is 2.75. The number of rotatable bonds is 4. The van der Waals surface area contributed by atoms with Crippen LogP contribution in [0.3, 0.4) is 0 Å². The van der Waals surface area contributed by atoms with E-state index in [1.165, 1.54) is 6.08 Å². The van der Waals surface area contributed by atoms with Gasteiger partial charge in [-0.3, -0.25) is 14.5 Å². The zero-order chi connectivity index (χ0) is 18.1. The first-order valence-electron chi connectivity index (χ1n) is 8.01. The summed E-state index contributed by atoms with van der Waals surface area (Å²) in [7, 11) is 1.77. The highest BCUT2D eigenvalue weighted by atomic mass is 16.1. The van der Waals surface area contributed by atoms with Crippen LogP contribution in [0.25, 0.3) is 33.4 Å². The second kappa shape index (κ2) is 6.29. The van der Waals surface area contributed by atoms with Crippen molar-refractivity contribution in [3.8, 4) is 22.4 Å². The predicted octanol–water partition coefficient (Wildman–Crippen LogP) is 3.15. The van der Waals surface area contributed by atoms with Crippen LogP contribution in [-0.2, 0) is 11.8 Å². The molecular weight excluding hydrogens is 328 g/mol. The van der Waals surface area contributed by atoms with Crippen molar-refractivity contribution in [3.05, 3.63) is 61.7 Å². The van der Waals surface area contributed by atoms with Gasteiger partial charge in [-0.25, -0.2) is 4.98 Å². The summed E-state index contributed by atoms with van der Waals surface area (Å²) in [6.07, 6.45) is 8.44. The molecular formula is C19H16N6O. The van der Waals surface area contributed by atoms with Crippen LogP contribution in [0.15, 0.2) is 61.7 Å². The van der Waals surface area contributed by atoms with E-state index in [9.17, 15) is 4.79 Å². The van der Waals surface area contributed by atoms with Crippen LogP contribution in [-0.4, -0.2) is 30.6 Å². The molecule has 0 aromatic carbocycles. The van der Waals surface area contributed by atoms with Crippen molar-refractivity contribution in [2.45, 2.75) is 0 Å². The van der Waals surface area contributed by atoms with Gasteiger partial charge in [0.1, 0.15) is 11.5 Å². The molecule has 0 aliphatic carbocycles. The van der Waals surface area contributed by atoms with E-state index in [2.05, 4.69) is 31.9 Å². The summed E-state index contributed by atoms with van der Waals surface area (Å²) in [4.78, 5) is 23.3. The van der Waals surface area contributed by atoms with Crippen LogP contribution < -0.4 is 5.32 Å². The number of amides is 1. The number of carbonyl (C=O) groups excluding carboxylic acids is 1. The standard InChI is InChI=1S/C19H16N6O/c1-3-18(26)23-17-9-16(24-25(17)2)13-8-14-15(11-22-19(14)21-10-13)12-4-6-20-7-5-12/h3-11H,1H2,2H3,(H,21,22)(H,23,26). The lowest BCUT2D eigenvalue weighted by atomic mass is 10.1. The maximum Gasteiger partial charge on any atom is 0.248 e. The molecule has 0 aliphatic rings. The molecule has 0 bridgehead atoms. The van der Waals surface area contributed by atoms with Gasteiger partial charge in [-0.05, 0) is 29.8 Å². The molecule has 0 atom stereocenters. The number of aromatic nitrogens is 5. The van der Waals surface area contributed by atoms with Gasteiger partial charge < -0.3 is 10.3 Å². The Bertz CT molecular complexity index is 1110. The van der Waals surface area contributed by atoms with Crippen molar-refractivity contribution < 1.29 is 4.79 Å². The van der Waals surface area contributed by atoms with Crippen LogP contribution >= 0.6 is 0 Å². The third-order valence-electron chi connectivity index (χ3n) is 4.13. The lowest BCUT2D eigenvalue weighted by Crippen LogP contribution is -2.10. The van der Waals surface area contributed by atoms with Crippen LogP contribution in [0.5, 0.6) is 0 Å². The van der Waals surface area contributed by atoms with Crippen molar-refractivity contribution in [2.75, 3.05) is 5.32 Å². The fraction of sp³-hybridized carbons (Fsp3) is 0.0526. The Morgan fingerprint density at radius 3 is 2.85 bits per heavy atom. The Kier molecular flexibility index (Phi) is 3.81. The van der Waals surface area contributed by atoms with Crippen molar-refractivity contribution >= 4 is 22.8 Å². The summed E-state index contributed by atoms with van der Waals surface area (Å²) in [5.41, 5.74) is 4.50. The molecule has 4 heterocycles. The lowest BCUT2D eigenvalue weighted by Gasteiger charge is -2.00. The van der Waals surface area contributed by atoms with Gasteiger partial charge in [0.2, 0.25) is 5.91 Å². The average molecular weight is 344 g/mol. The zero-order valence-corrected chi connectivity index (χ0v) is 14.1. The molecule has 1 amide bonds. The van der Waals surface area contributed by atoms with E-state index in [1.54, 1.807) is 30.3 Å². The summed E-state index contributed by atoms with van der Waals surface area (Å²) >= 11 is 0. The Labute approximate surface area is 149 Å². The third-order valence-corrected chi connectivity index (χ3v) is 4.13. The van der Waals surface area contributed by atoms with E-state index in [4.69, 9.17) is 0 Å². The number of anilines is 1. The largest absolute Gasteiger partial charge is 0.346 e. The Morgan fingerprint density at radius 2 is 2.08 bits per heavy atom. The molecule has 0 fully saturated rings. The van der Waals surface area contributed by atoms with Gasteiger partial charge in [0.15, 0.2) is 0 Å². The SMILES string of the molecule is C=CC(=O)Nc1cc(-c2cnc3[nH]cc(-c4ccncc4)c3c2)nn1C. The molecule has 128 valence electrons. The predicted molar refractivity (Wildman–Crippen MR) is 100 cm³/mol. The van der Waals surface area contributed by atoms with Crippen molar-refractivity contribution in [1.82, 2.24) is 24.7 Å². The van der Waals surface area contributed by atoms with Gasteiger partial charge in [0, 0.05) is 54.4 Å². The Balaban J connectivity index is 1.77. The smallest absolute Gasteiger partial charge is 0.248 e. The number of aryl methyl sites for hydroxylation is 1. The quantitative estimate of drug-likeness (QED) is 0.557. The van der Waals surface area contributed by atoms with Gasteiger partial charge in [-0.1, -0.05) is 6.58 Å². The normalized spacial score (nSPS) is 10.8. The number of nitrogens with zero attached hydrogens (tertiary/aromatic N) is 4. The number of hydrogen-bond acceptors (Lipinski definition) is 4. The molecule has 0 saturated heterocycles. The fourth-order valence-electron chi connectivity index (χ4n) is 2.82. The van der Waals surface area contributed by atoms with E-state index < -0.39 is 0 Å². The number of carbonyl (C=O) groups is 1. The highest BCUT2D eigenvalue weighted by Crippen LogP contribution is 2.30. The van der Waals surface area contributed by atoms with Crippen LogP contribution in [0.2, 0.25) is 0 Å². The molecule has 26 heavy (non-hydrogen) atoms. The first-order chi connectivity index (χ1) is 12.7. The number of H-pyrrole nitrogens is 1. The van der Waals surface area contributed by atoms with E-state index in [-0.39, 0.29) is 5.91 Å². The Hall–Kier alpha value is -3.74.